The molecule has 0 unspecified atom stereocenters. The predicted octanol–water partition coefficient (Wildman–Crippen LogP) is 6.99. The largest absolute Gasteiger partial charge is 0.365 e. The molecule has 4 rings (SSSR count). The number of hydrogen-bond donors (Lipinski definition) is 1. The Hall–Kier alpha value is -2.88. The summed E-state index contributed by atoms with van der Waals surface area (Å²) in [4.78, 5) is 12.2. The Morgan fingerprint density at radius 2 is 1.75 bits per heavy atom. The Bertz CT molecular complexity index is 1060. The van der Waals surface area contributed by atoms with Crippen LogP contribution in [0.3, 0.4) is 0 Å². The molecule has 2 aromatic rings. The first-order chi connectivity index (χ1) is 15.3. The molecule has 1 spiro atoms. The summed E-state index contributed by atoms with van der Waals surface area (Å²) in [6.45, 7) is 19.6. The van der Waals surface area contributed by atoms with E-state index >= 15 is 0 Å². The van der Waals surface area contributed by atoms with Gasteiger partial charge in [-0.2, -0.15) is 0 Å². The number of likely N-dealkylation sites (tertiary alicyclic amines) is 1. The van der Waals surface area contributed by atoms with Crippen molar-refractivity contribution in [3.63, 3.8) is 0 Å². The van der Waals surface area contributed by atoms with E-state index in [4.69, 9.17) is 4.99 Å². The molecule has 0 bridgehead atoms. The maximum atomic E-state index is 5.19. The van der Waals surface area contributed by atoms with Crippen molar-refractivity contribution in [3.8, 4) is 0 Å². The smallest absolute Gasteiger partial charge is 0.133 e. The molecule has 1 aliphatic heterocycles. The first-order valence-corrected chi connectivity index (χ1v) is 11.7. The van der Waals surface area contributed by atoms with Crippen LogP contribution in [-0.2, 0) is 6.54 Å². The summed E-state index contributed by atoms with van der Waals surface area (Å²) in [6.07, 6.45) is 7.27. The minimum absolute atomic E-state index is 0.647. The van der Waals surface area contributed by atoms with E-state index in [1.54, 1.807) is 0 Å². The van der Waals surface area contributed by atoms with Gasteiger partial charge in [0.05, 0.1) is 5.69 Å². The van der Waals surface area contributed by atoms with Gasteiger partial charge < -0.3 is 10.2 Å². The third-order valence-electron chi connectivity index (χ3n) is 7.02. The minimum Gasteiger partial charge on any atom is -0.365 e. The second kappa shape index (κ2) is 8.93. The average molecular weight is 429 g/mol. The molecule has 2 aliphatic rings. The van der Waals surface area contributed by atoms with Gasteiger partial charge in [-0.3, -0.25) is 0 Å². The molecule has 32 heavy (non-hydrogen) atoms. The Balaban J connectivity index is 1.63. The SMILES string of the molecule is C=C(C)c1cccnc1NCc1cc(C)cc(C(=C)C)c1N=C(C)N1CCC2(CC1)CC2. The third kappa shape index (κ3) is 4.79. The number of amidine groups is 1. The van der Waals surface area contributed by atoms with Gasteiger partial charge in [0.15, 0.2) is 0 Å². The van der Waals surface area contributed by atoms with E-state index in [9.17, 15) is 0 Å². The molecule has 0 amide bonds. The van der Waals surface area contributed by atoms with Crippen LogP contribution in [-0.4, -0.2) is 28.8 Å². The van der Waals surface area contributed by atoms with Crippen molar-refractivity contribution in [2.24, 2.45) is 10.4 Å². The Kier molecular flexibility index (Phi) is 6.23. The van der Waals surface area contributed by atoms with Crippen molar-refractivity contribution in [2.75, 3.05) is 18.4 Å². The van der Waals surface area contributed by atoms with E-state index in [1.165, 1.54) is 31.2 Å². The summed E-state index contributed by atoms with van der Waals surface area (Å²) in [5.74, 6) is 1.96. The number of anilines is 1. The van der Waals surface area contributed by atoms with Crippen LogP contribution in [0.5, 0.6) is 0 Å². The lowest BCUT2D eigenvalue weighted by Crippen LogP contribution is -2.37. The lowest BCUT2D eigenvalue weighted by Gasteiger charge is -2.33. The van der Waals surface area contributed by atoms with Gasteiger partial charge in [-0.1, -0.05) is 24.8 Å². The highest BCUT2D eigenvalue weighted by Gasteiger charge is 2.44. The van der Waals surface area contributed by atoms with Gasteiger partial charge in [0, 0.05) is 37.0 Å². The van der Waals surface area contributed by atoms with Crippen LogP contribution in [0.4, 0.5) is 11.5 Å². The number of nitrogens with zero attached hydrogens (tertiary/aromatic N) is 3. The van der Waals surface area contributed by atoms with Gasteiger partial charge in [0.2, 0.25) is 0 Å². The van der Waals surface area contributed by atoms with Gasteiger partial charge in [0.1, 0.15) is 11.7 Å². The van der Waals surface area contributed by atoms with Gasteiger partial charge in [-0.15, -0.1) is 0 Å². The normalized spacial score (nSPS) is 17.4. The molecule has 1 aromatic heterocycles. The molecule has 4 nitrogen and oxygen atoms in total. The Labute approximate surface area is 193 Å². The van der Waals surface area contributed by atoms with Crippen LogP contribution in [0.25, 0.3) is 11.1 Å². The summed E-state index contributed by atoms with van der Waals surface area (Å²) >= 11 is 0. The second-order valence-electron chi connectivity index (χ2n) is 9.78. The van der Waals surface area contributed by atoms with Gasteiger partial charge >= 0.3 is 0 Å². The van der Waals surface area contributed by atoms with E-state index in [2.05, 4.69) is 67.3 Å². The number of piperidine rings is 1. The molecule has 2 fully saturated rings. The zero-order valence-corrected chi connectivity index (χ0v) is 20.1. The Morgan fingerprint density at radius 1 is 1.06 bits per heavy atom. The molecular weight excluding hydrogens is 392 g/mol. The highest BCUT2D eigenvalue weighted by Crippen LogP contribution is 2.53. The third-order valence-corrected chi connectivity index (χ3v) is 7.02. The molecular formula is C28H36N4. The van der Waals surface area contributed by atoms with Crippen LogP contribution in [0.15, 0.2) is 48.6 Å². The molecule has 1 aromatic carbocycles. The maximum Gasteiger partial charge on any atom is 0.133 e. The van der Waals surface area contributed by atoms with Crippen molar-refractivity contribution in [3.05, 3.63) is 65.9 Å². The van der Waals surface area contributed by atoms with Gasteiger partial charge in [-0.25, -0.2) is 9.98 Å². The number of aromatic nitrogens is 1. The highest BCUT2D eigenvalue weighted by atomic mass is 15.2. The van der Waals surface area contributed by atoms with Crippen molar-refractivity contribution < 1.29 is 0 Å². The average Bonchev–Trinajstić information content (AvgIpc) is 3.52. The number of benzene rings is 1. The van der Waals surface area contributed by atoms with E-state index in [0.717, 1.165) is 58.3 Å². The number of allylic oxidation sites excluding steroid dienone is 2. The number of pyridine rings is 1. The zero-order valence-electron chi connectivity index (χ0n) is 20.1. The first kappa shape index (κ1) is 22.3. The molecule has 0 atom stereocenters. The summed E-state index contributed by atoms with van der Waals surface area (Å²) in [5.41, 5.74) is 8.27. The molecule has 1 aliphatic carbocycles. The van der Waals surface area contributed by atoms with E-state index in [1.807, 2.05) is 19.2 Å². The van der Waals surface area contributed by atoms with Crippen molar-refractivity contribution in [1.82, 2.24) is 9.88 Å². The molecule has 0 radical (unpaired) electrons. The first-order valence-electron chi connectivity index (χ1n) is 11.7. The van der Waals surface area contributed by atoms with Crippen LogP contribution in [0, 0.1) is 12.3 Å². The monoisotopic (exact) mass is 428 g/mol. The van der Waals surface area contributed by atoms with Gasteiger partial charge in [0.25, 0.3) is 0 Å². The minimum atomic E-state index is 0.647. The fraction of sp³-hybridized carbons (Fsp3) is 0.429. The van der Waals surface area contributed by atoms with E-state index in [0.29, 0.717) is 12.0 Å². The molecule has 2 heterocycles. The van der Waals surface area contributed by atoms with E-state index in [-0.39, 0.29) is 0 Å². The quantitative estimate of drug-likeness (QED) is 0.398. The highest BCUT2D eigenvalue weighted by molar-refractivity contribution is 5.86. The molecule has 168 valence electrons. The van der Waals surface area contributed by atoms with E-state index < -0.39 is 0 Å². The Morgan fingerprint density at radius 3 is 2.38 bits per heavy atom. The number of rotatable bonds is 6. The number of aliphatic imine (C=N–C) groups is 1. The molecule has 4 heteroatoms. The molecule has 1 saturated carbocycles. The lowest BCUT2D eigenvalue weighted by molar-refractivity contribution is 0.249. The fourth-order valence-corrected chi connectivity index (χ4v) is 4.73. The van der Waals surface area contributed by atoms with Gasteiger partial charge in [-0.05, 0) is 93.7 Å². The fourth-order valence-electron chi connectivity index (χ4n) is 4.73. The summed E-state index contributed by atoms with van der Waals surface area (Å²) in [5, 5.41) is 3.53. The summed E-state index contributed by atoms with van der Waals surface area (Å²) in [6, 6.07) is 8.43. The van der Waals surface area contributed by atoms with Crippen molar-refractivity contribution >= 4 is 28.5 Å². The topological polar surface area (TPSA) is 40.5 Å². The zero-order chi connectivity index (χ0) is 22.9. The second-order valence-corrected chi connectivity index (χ2v) is 9.78. The van der Waals surface area contributed by atoms with Crippen LogP contribution in [0.2, 0.25) is 0 Å². The summed E-state index contributed by atoms with van der Waals surface area (Å²) in [7, 11) is 0. The number of hydrogen-bond acceptors (Lipinski definition) is 3. The van der Waals surface area contributed by atoms with Crippen LogP contribution < -0.4 is 5.32 Å². The predicted molar refractivity (Wildman–Crippen MR) is 137 cm³/mol. The van der Waals surface area contributed by atoms with Crippen molar-refractivity contribution in [1.29, 1.82) is 0 Å². The summed E-state index contributed by atoms with van der Waals surface area (Å²) < 4.78 is 0. The molecule has 1 saturated heterocycles. The van der Waals surface area contributed by atoms with Crippen LogP contribution in [0.1, 0.15) is 68.7 Å². The number of aryl methyl sites for hydroxylation is 1. The lowest BCUT2D eigenvalue weighted by atomic mass is 9.94. The number of nitrogens with one attached hydrogen (secondary N) is 1. The van der Waals surface area contributed by atoms with Crippen molar-refractivity contribution in [2.45, 2.75) is 59.9 Å². The standard InChI is InChI=1S/C28H36N4/c1-19(2)24-8-7-13-29-27(24)30-18-23-16-21(5)17-25(20(3)4)26(23)31-22(6)32-14-11-28(9-10-28)12-15-32/h7-8,13,16-17H,1,3,9-12,14-15,18H2,2,4-6H3,(H,29,30). The molecule has 1 N–H and O–H groups in total. The maximum absolute atomic E-state index is 5.19. The van der Waals surface area contributed by atoms with Crippen LogP contribution >= 0.6 is 0 Å².